The largest absolute Gasteiger partial charge is 0.363 e. The third-order valence-corrected chi connectivity index (χ3v) is 2.32. The topological polar surface area (TPSA) is 15.3 Å². The number of nitrogens with one attached hydrogen (secondary N) is 1. The van der Waals surface area contributed by atoms with E-state index in [0.717, 1.165) is 31.2 Å². The van der Waals surface area contributed by atoms with Crippen molar-refractivity contribution in [2.24, 2.45) is 0 Å². The number of hydrogen-bond acceptors (Lipinski definition) is 1. The summed E-state index contributed by atoms with van der Waals surface area (Å²) in [4.78, 5) is 2.25. The summed E-state index contributed by atoms with van der Waals surface area (Å²) >= 11 is 5.19. The van der Waals surface area contributed by atoms with Crippen LogP contribution in [-0.4, -0.2) is 29.6 Å². The predicted molar refractivity (Wildman–Crippen MR) is 51.7 cm³/mol. The van der Waals surface area contributed by atoms with E-state index in [1.54, 1.807) is 0 Å². The minimum Gasteiger partial charge on any atom is -0.363 e. The van der Waals surface area contributed by atoms with Gasteiger partial charge < -0.3 is 10.2 Å². The van der Waals surface area contributed by atoms with Crippen LogP contribution in [0.25, 0.3) is 0 Å². The van der Waals surface area contributed by atoms with E-state index in [0.29, 0.717) is 0 Å². The fourth-order valence-electron chi connectivity index (χ4n) is 1.26. The first kappa shape index (κ1) is 8.78. The van der Waals surface area contributed by atoms with E-state index in [-0.39, 0.29) is 0 Å². The molecule has 1 rings (SSSR count). The van der Waals surface area contributed by atoms with Gasteiger partial charge >= 0.3 is 0 Å². The summed E-state index contributed by atoms with van der Waals surface area (Å²) in [5.74, 6) is 0. The van der Waals surface area contributed by atoms with E-state index in [9.17, 15) is 0 Å². The first-order valence-electron chi connectivity index (χ1n) is 4.37. The lowest BCUT2D eigenvalue weighted by molar-refractivity contribution is 0.506. The molecule has 64 valence electrons. The second kappa shape index (κ2) is 4.54. The maximum absolute atomic E-state index is 5.19. The van der Waals surface area contributed by atoms with Crippen molar-refractivity contribution in [3.8, 4) is 0 Å². The lowest BCUT2D eigenvalue weighted by Crippen LogP contribution is -2.37. The Bertz CT molecular complexity index is 130. The Morgan fingerprint density at radius 2 is 2.09 bits per heavy atom. The minimum absolute atomic E-state index is 0.948. The SMILES string of the molecule is CCCNC(=S)N1CCCC1. The molecule has 0 aromatic carbocycles. The van der Waals surface area contributed by atoms with Crippen LogP contribution in [0.5, 0.6) is 0 Å². The fourth-order valence-corrected chi connectivity index (χ4v) is 1.55. The third kappa shape index (κ3) is 2.66. The molecule has 0 amide bonds. The molecule has 0 aromatic heterocycles. The van der Waals surface area contributed by atoms with Gasteiger partial charge in [0.2, 0.25) is 0 Å². The van der Waals surface area contributed by atoms with Crippen molar-refractivity contribution in [1.82, 2.24) is 10.2 Å². The first-order valence-corrected chi connectivity index (χ1v) is 4.78. The summed E-state index contributed by atoms with van der Waals surface area (Å²) in [6.45, 7) is 5.46. The van der Waals surface area contributed by atoms with Gasteiger partial charge in [-0.25, -0.2) is 0 Å². The molecule has 0 aromatic rings. The Kier molecular flexibility index (Phi) is 3.63. The highest BCUT2D eigenvalue weighted by Gasteiger charge is 2.13. The van der Waals surface area contributed by atoms with Crippen molar-refractivity contribution in [2.45, 2.75) is 26.2 Å². The van der Waals surface area contributed by atoms with Crippen LogP contribution in [0, 0.1) is 0 Å². The van der Waals surface area contributed by atoms with Crippen LogP contribution in [0.4, 0.5) is 0 Å². The van der Waals surface area contributed by atoms with Crippen LogP contribution < -0.4 is 5.32 Å². The molecule has 0 radical (unpaired) electrons. The summed E-state index contributed by atoms with van der Waals surface area (Å²) in [7, 11) is 0. The fraction of sp³-hybridized carbons (Fsp3) is 0.875. The van der Waals surface area contributed by atoms with Gasteiger partial charge in [-0.05, 0) is 31.5 Å². The molecule has 3 heteroatoms. The molecule has 1 heterocycles. The van der Waals surface area contributed by atoms with Crippen LogP contribution in [-0.2, 0) is 0 Å². The minimum atomic E-state index is 0.948. The number of thiocarbonyl (C=S) groups is 1. The summed E-state index contributed by atoms with van der Waals surface area (Å²) < 4.78 is 0. The molecular formula is C8H16N2S. The van der Waals surface area contributed by atoms with Crippen LogP contribution in [0.15, 0.2) is 0 Å². The molecule has 0 bridgehead atoms. The quantitative estimate of drug-likeness (QED) is 0.633. The maximum atomic E-state index is 5.19. The molecule has 2 nitrogen and oxygen atoms in total. The van der Waals surface area contributed by atoms with Crippen molar-refractivity contribution >= 4 is 17.3 Å². The van der Waals surface area contributed by atoms with Crippen molar-refractivity contribution in [1.29, 1.82) is 0 Å². The molecule has 0 saturated carbocycles. The monoisotopic (exact) mass is 172 g/mol. The molecule has 1 N–H and O–H groups in total. The number of likely N-dealkylation sites (tertiary alicyclic amines) is 1. The molecular weight excluding hydrogens is 156 g/mol. The van der Waals surface area contributed by atoms with Gasteiger partial charge in [-0.3, -0.25) is 0 Å². The van der Waals surface area contributed by atoms with Gasteiger partial charge in [0.25, 0.3) is 0 Å². The standard InChI is InChI=1S/C8H16N2S/c1-2-5-9-8(11)10-6-3-4-7-10/h2-7H2,1H3,(H,9,11). The van der Waals surface area contributed by atoms with Gasteiger partial charge in [0.1, 0.15) is 0 Å². The summed E-state index contributed by atoms with van der Waals surface area (Å²) in [6.07, 6.45) is 3.75. The number of hydrogen-bond donors (Lipinski definition) is 1. The third-order valence-electron chi connectivity index (χ3n) is 1.92. The zero-order valence-corrected chi connectivity index (χ0v) is 7.91. The Balaban J connectivity index is 2.17. The van der Waals surface area contributed by atoms with Gasteiger partial charge in [0.15, 0.2) is 5.11 Å². The van der Waals surface area contributed by atoms with Crippen LogP contribution in [0.2, 0.25) is 0 Å². The van der Waals surface area contributed by atoms with E-state index in [1.165, 1.54) is 12.8 Å². The normalized spacial score (nSPS) is 17.0. The molecule has 0 atom stereocenters. The Labute approximate surface area is 74.0 Å². The average molecular weight is 172 g/mol. The van der Waals surface area contributed by atoms with Gasteiger partial charge in [-0.1, -0.05) is 6.92 Å². The van der Waals surface area contributed by atoms with Gasteiger partial charge in [-0.15, -0.1) is 0 Å². The second-order valence-electron chi connectivity index (χ2n) is 2.93. The second-order valence-corrected chi connectivity index (χ2v) is 3.31. The zero-order chi connectivity index (χ0) is 8.10. The molecule has 0 unspecified atom stereocenters. The van der Waals surface area contributed by atoms with E-state index in [2.05, 4.69) is 17.1 Å². The predicted octanol–water partition coefficient (Wildman–Crippen LogP) is 1.37. The molecule has 0 spiro atoms. The van der Waals surface area contributed by atoms with Gasteiger partial charge in [0, 0.05) is 19.6 Å². The van der Waals surface area contributed by atoms with E-state index >= 15 is 0 Å². The van der Waals surface area contributed by atoms with Crippen LogP contribution in [0.3, 0.4) is 0 Å². The van der Waals surface area contributed by atoms with Crippen molar-refractivity contribution in [3.63, 3.8) is 0 Å². The van der Waals surface area contributed by atoms with E-state index in [1.807, 2.05) is 0 Å². The summed E-state index contributed by atoms with van der Waals surface area (Å²) in [5, 5.41) is 4.18. The Hall–Kier alpha value is -0.310. The number of nitrogens with zero attached hydrogens (tertiary/aromatic N) is 1. The average Bonchev–Trinajstić information content (AvgIpc) is 2.52. The zero-order valence-electron chi connectivity index (χ0n) is 7.10. The van der Waals surface area contributed by atoms with Crippen molar-refractivity contribution in [3.05, 3.63) is 0 Å². The highest BCUT2D eigenvalue weighted by Crippen LogP contribution is 2.06. The Morgan fingerprint density at radius 3 is 2.64 bits per heavy atom. The van der Waals surface area contributed by atoms with E-state index in [4.69, 9.17) is 12.2 Å². The molecule has 0 aliphatic carbocycles. The van der Waals surface area contributed by atoms with Crippen LogP contribution >= 0.6 is 12.2 Å². The van der Waals surface area contributed by atoms with Crippen LogP contribution in [0.1, 0.15) is 26.2 Å². The van der Waals surface area contributed by atoms with Gasteiger partial charge in [0.05, 0.1) is 0 Å². The van der Waals surface area contributed by atoms with Gasteiger partial charge in [-0.2, -0.15) is 0 Å². The highest BCUT2D eigenvalue weighted by molar-refractivity contribution is 7.80. The molecule has 1 aliphatic rings. The number of rotatable bonds is 2. The molecule has 1 aliphatic heterocycles. The summed E-state index contributed by atoms with van der Waals surface area (Å²) in [6, 6.07) is 0. The Morgan fingerprint density at radius 1 is 1.45 bits per heavy atom. The van der Waals surface area contributed by atoms with E-state index < -0.39 is 0 Å². The molecule has 1 saturated heterocycles. The van der Waals surface area contributed by atoms with Crippen molar-refractivity contribution < 1.29 is 0 Å². The summed E-state index contributed by atoms with van der Waals surface area (Å²) in [5.41, 5.74) is 0. The lowest BCUT2D eigenvalue weighted by Gasteiger charge is -2.18. The maximum Gasteiger partial charge on any atom is 0.168 e. The van der Waals surface area contributed by atoms with Crippen molar-refractivity contribution in [2.75, 3.05) is 19.6 Å². The molecule has 1 fully saturated rings. The molecule has 11 heavy (non-hydrogen) atoms. The first-order chi connectivity index (χ1) is 5.34. The highest BCUT2D eigenvalue weighted by atomic mass is 32.1. The smallest absolute Gasteiger partial charge is 0.168 e. The lowest BCUT2D eigenvalue weighted by atomic mass is 10.4.